The highest BCUT2D eigenvalue weighted by Crippen LogP contribution is 2.23. The first-order valence-electron chi connectivity index (χ1n) is 6.14. The topological polar surface area (TPSA) is 37.3 Å². The largest absolute Gasteiger partial charge is 0.365 e. The Morgan fingerprint density at radius 2 is 2.41 bits per heavy atom. The van der Waals surface area contributed by atoms with Crippen LogP contribution in [0.4, 0.5) is 0 Å². The van der Waals surface area contributed by atoms with Crippen LogP contribution in [0.5, 0.6) is 0 Å². The SMILES string of the molecule is CCCC1CN=C(NCCc2csc(C)n2)S1. The summed E-state index contributed by atoms with van der Waals surface area (Å²) < 4.78 is 0. The van der Waals surface area contributed by atoms with Gasteiger partial charge in [0, 0.05) is 23.6 Å². The van der Waals surface area contributed by atoms with Gasteiger partial charge in [0.1, 0.15) is 0 Å². The summed E-state index contributed by atoms with van der Waals surface area (Å²) in [6.45, 7) is 6.20. The minimum absolute atomic E-state index is 0.698. The van der Waals surface area contributed by atoms with E-state index in [-0.39, 0.29) is 0 Å². The van der Waals surface area contributed by atoms with Gasteiger partial charge in [-0.25, -0.2) is 4.98 Å². The van der Waals surface area contributed by atoms with Crippen LogP contribution in [0.25, 0.3) is 0 Å². The molecule has 1 unspecified atom stereocenters. The predicted molar refractivity (Wildman–Crippen MR) is 77.1 cm³/mol. The van der Waals surface area contributed by atoms with Crippen LogP contribution in [-0.4, -0.2) is 28.5 Å². The second-order valence-electron chi connectivity index (χ2n) is 4.21. The van der Waals surface area contributed by atoms with E-state index in [1.165, 1.54) is 18.5 Å². The summed E-state index contributed by atoms with van der Waals surface area (Å²) >= 11 is 3.62. The maximum absolute atomic E-state index is 4.52. The molecule has 0 saturated carbocycles. The Labute approximate surface area is 111 Å². The molecular weight excluding hydrogens is 250 g/mol. The first-order chi connectivity index (χ1) is 8.28. The van der Waals surface area contributed by atoms with Gasteiger partial charge in [-0.3, -0.25) is 4.99 Å². The van der Waals surface area contributed by atoms with Crippen molar-refractivity contribution in [1.29, 1.82) is 0 Å². The van der Waals surface area contributed by atoms with Gasteiger partial charge in [-0.05, 0) is 13.3 Å². The molecule has 0 bridgehead atoms. The molecule has 1 aliphatic rings. The first-order valence-corrected chi connectivity index (χ1v) is 7.90. The van der Waals surface area contributed by atoms with Gasteiger partial charge in [-0.1, -0.05) is 25.1 Å². The van der Waals surface area contributed by atoms with Crippen LogP contribution in [0.1, 0.15) is 30.5 Å². The molecule has 0 saturated heterocycles. The van der Waals surface area contributed by atoms with E-state index in [0.717, 1.165) is 29.7 Å². The summed E-state index contributed by atoms with van der Waals surface area (Å²) in [5, 5.41) is 8.51. The summed E-state index contributed by atoms with van der Waals surface area (Å²) in [5.41, 5.74) is 1.19. The van der Waals surface area contributed by atoms with E-state index in [4.69, 9.17) is 0 Å². The quantitative estimate of drug-likeness (QED) is 0.893. The smallest absolute Gasteiger partial charge is 0.156 e. The van der Waals surface area contributed by atoms with E-state index in [9.17, 15) is 0 Å². The molecule has 2 rings (SSSR count). The standard InChI is InChI=1S/C12H19N3S2/c1-3-4-11-7-14-12(17-11)13-6-5-10-8-16-9(2)15-10/h8,11H,3-7H2,1-2H3,(H,13,14). The molecule has 1 N–H and O–H groups in total. The van der Waals surface area contributed by atoms with Crippen molar-refractivity contribution in [2.45, 2.75) is 38.4 Å². The molecule has 0 fully saturated rings. The molecule has 0 amide bonds. The normalized spacial score (nSPS) is 19.4. The third-order valence-corrected chi connectivity index (χ3v) is 4.69. The zero-order valence-electron chi connectivity index (χ0n) is 10.4. The average molecular weight is 269 g/mol. The molecule has 0 aromatic carbocycles. The van der Waals surface area contributed by atoms with Gasteiger partial charge in [0.05, 0.1) is 17.2 Å². The second-order valence-corrected chi connectivity index (χ2v) is 6.56. The van der Waals surface area contributed by atoms with Crippen LogP contribution < -0.4 is 5.32 Å². The lowest BCUT2D eigenvalue weighted by atomic mass is 10.2. The van der Waals surface area contributed by atoms with Crippen LogP contribution in [-0.2, 0) is 6.42 Å². The number of nitrogens with zero attached hydrogens (tertiary/aromatic N) is 2. The predicted octanol–water partition coefficient (Wildman–Crippen LogP) is 2.86. The number of hydrogen-bond acceptors (Lipinski definition) is 5. The van der Waals surface area contributed by atoms with E-state index in [1.807, 2.05) is 18.7 Å². The van der Waals surface area contributed by atoms with Gasteiger partial charge >= 0.3 is 0 Å². The van der Waals surface area contributed by atoms with Gasteiger partial charge in [-0.15, -0.1) is 11.3 Å². The molecular formula is C12H19N3S2. The fourth-order valence-corrected chi connectivity index (χ4v) is 3.61. The number of thioether (sulfide) groups is 1. The molecule has 0 aliphatic carbocycles. The third kappa shape index (κ3) is 4.00. The van der Waals surface area contributed by atoms with Crippen LogP contribution in [0.15, 0.2) is 10.4 Å². The number of thiazole rings is 1. The van der Waals surface area contributed by atoms with Crippen molar-refractivity contribution >= 4 is 28.3 Å². The van der Waals surface area contributed by atoms with E-state index in [2.05, 4.69) is 27.6 Å². The molecule has 94 valence electrons. The summed E-state index contributed by atoms with van der Waals surface area (Å²) in [4.78, 5) is 8.97. The number of aromatic nitrogens is 1. The van der Waals surface area contributed by atoms with Crippen molar-refractivity contribution in [2.24, 2.45) is 4.99 Å². The third-order valence-electron chi connectivity index (χ3n) is 2.65. The summed E-state index contributed by atoms with van der Waals surface area (Å²) in [6, 6.07) is 0. The zero-order chi connectivity index (χ0) is 12.1. The van der Waals surface area contributed by atoms with Gasteiger partial charge in [0.25, 0.3) is 0 Å². The molecule has 1 aromatic rings. The summed E-state index contributed by atoms with van der Waals surface area (Å²) in [5.74, 6) is 0. The van der Waals surface area contributed by atoms with Crippen molar-refractivity contribution in [3.63, 3.8) is 0 Å². The Bertz CT molecular complexity index is 387. The van der Waals surface area contributed by atoms with Crippen molar-refractivity contribution in [2.75, 3.05) is 13.1 Å². The molecule has 3 nitrogen and oxygen atoms in total. The molecule has 1 atom stereocenters. The zero-order valence-corrected chi connectivity index (χ0v) is 12.0. The Balaban J connectivity index is 1.66. The van der Waals surface area contributed by atoms with Crippen LogP contribution in [0.3, 0.4) is 0 Å². The van der Waals surface area contributed by atoms with Crippen molar-refractivity contribution < 1.29 is 0 Å². The van der Waals surface area contributed by atoms with Crippen molar-refractivity contribution in [3.05, 3.63) is 16.1 Å². The Morgan fingerprint density at radius 1 is 1.53 bits per heavy atom. The number of hydrogen-bond donors (Lipinski definition) is 1. The van der Waals surface area contributed by atoms with Crippen LogP contribution in [0.2, 0.25) is 0 Å². The maximum Gasteiger partial charge on any atom is 0.156 e. The Morgan fingerprint density at radius 3 is 3.12 bits per heavy atom. The van der Waals surface area contributed by atoms with E-state index >= 15 is 0 Å². The number of aryl methyl sites for hydroxylation is 1. The monoisotopic (exact) mass is 269 g/mol. The maximum atomic E-state index is 4.52. The van der Waals surface area contributed by atoms with E-state index in [1.54, 1.807) is 11.3 Å². The summed E-state index contributed by atoms with van der Waals surface area (Å²) in [7, 11) is 0. The minimum atomic E-state index is 0.698. The lowest BCUT2D eigenvalue weighted by Crippen LogP contribution is -2.22. The molecule has 0 radical (unpaired) electrons. The fraction of sp³-hybridized carbons (Fsp3) is 0.667. The van der Waals surface area contributed by atoms with Crippen molar-refractivity contribution in [1.82, 2.24) is 10.3 Å². The second kappa shape index (κ2) is 6.40. The number of aliphatic imine (C=N–C) groups is 1. The van der Waals surface area contributed by atoms with Gasteiger partial charge in [0.15, 0.2) is 5.17 Å². The van der Waals surface area contributed by atoms with Gasteiger partial charge in [0.2, 0.25) is 0 Å². The highest BCUT2D eigenvalue weighted by Gasteiger charge is 2.17. The molecule has 2 heterocycles. The molecule has 1 aliphatic heterocycles. The minimum Gasteiger partial charge on any atom is -0.365 e. The lowest BCUT2D eigenvalue weighted by molar-refractivity contribution is 0.753. The van der Waals surface area contributed by atoms with Crippen molar-refractivity contribution in [3.8, 4) is 0 Å². The number of nitrogens with one attached hydrogen (secondary N) is 1. The highest BCUT2D eigenvalue weighted by molar-refractivity contribution is 8.14. The van der Waals surface area contributed by atoms with Crippen LogP contribution >= 0.6 is 23.1 Å². The summed E-state index contributed by atoms with van der Waals surface area (Å²) in [6.07, 6.45) is 3.51. The van der Waals surface area contributed by atoms with Gasteiger partial charge in [-0.2, -0.15) is 0 Å². The average Bonchev–Trinajstić information content (AvgIpc) is 2.89. The molecule has 17 heavy (non-hydrogen) atoms. The van der Waals surface area contributed by atoms with E-state index < -0.39 is 0 Å². The molecule has 0 spiro atoms. The molecule has 1 aromatic heterocycles. The number of amidine groups is 1. The Hall–Kier alpha value is -0.550. The van der Waals surface area contributed by atoms with Gasteiger partial charge < -0.3 is 5.32 Å². The van der Waals surface area contributed by atoms with Crippen LogP contribution in [0, 0.1) is 6.92 Å². The number of rotatable bonds is 5. The lowest BCUT2D eigenvalue weighted by Gasteiger charge is -2.07. The first kappa shape index (κ1) is 12.9. The fourth-order valence-electron chi connectivity index (χ4n) is 1.81. The van der Waals surface area contributed by atoms with E-state index in [0.29, 0.717) is 5.25 Å². The Kier molecular flexibility index (Phi) is 4.86. The molecule has 5 heteroatoms. The highest BCUT2D eigenvalue weighted by atomic mass is 32.2.